The molecule has 0 N–H and O–H groups in total. The summed E-state index contributed by atoms with van der Waals surface area (Å²) in [5.74, 6) is 5.21. The van der Waals surface area contributed by atoms with Crippen LogP contribution in [0.5, 0.6) is 0 Å². The van der Waals surface area contributed by atoms with Gasteiger partial charge in [-0.15, -0.1) is 0 Å². The molecule has 3 aliphatic carbocycles. The lowest BCUT2D eigenvalue weighted by Crippen LogP contribution is -2.61. The summed E-state index contributed by atoms with van der Waals surface area (Å²) in [4.78, 5) is 14.3. The second-order valence-corrected chi connectivity index (χ2v) is 10.8. The van der Waals surface area contributed by atoms with Crippen LogP contribution in [0.4, 0.5) is 0 Å². The molecular formula is C24H39NO. The van der Waals surface area contributed by atoms with Gasteiger partial charge < -0.3 is 4.90 Å². The van der Waals surface area contributed by atoms with Crippen molar-refractivity contribution in [3.8, 4) is 0 Å². The molecule has 3 saturated carbocycles. The summed E-state index contributed by atoms with van der Waals surface area (Å²) >= 11 is 0. The first-order chi connectivity index (χ1) is 12.2. The number of carbonyl (C=O) groups excluding carboxylic acids is 1. The highest BCUT2D eigenvalue weighted by molar-refractivity contribution is 5.89. The Labute approximate surface area is 160 Å². The zero-order valence-corrected chi connectivity index (χ0v) is 17.8. The quantitative estimate of drug-likeness (QED) is 0.636. The molecule has 146 valence electrons. The average Bonchev–Trinajstić information content (AvgIpc) is 2.97. The van der Waals surface area contributed by atoms with E-state index in [0.717, 1.165) is 35.5 Å². The molecule has 4 rings (SSSR count). The Kier molecular flexibility index (Phi) is 4.36. The summed E-state index contributed by atoms with van der Waals surface area (Å²) in [6, 6.07) is 0.396. The normalized spacial score (nSPS) is 51.6. The van der Waals surface area contributed by atoms with Gasteiger partial charge in [0.25, 0.3) is 0 Å². The molecule has 4 aliphatic rings. The summed E-state index contributed by atoms with van der Waals surface area (Å²) in [6.45, 7) is 12.5. The van der Waals surface area contributed by atoms with E-state index in [0.29, 0.717) is 11.5 Å². The smallest absolute Gasteiger partial charge is 0.246 e. The molecule has 0 aromatic heterocycles. The summed E-state index contributed by atoms with van der Waals surface area (Å²) in [5, 5.41) is 0. The molecule has 9 atom stereocenters. The van der Waals surface area contributed by atoms with Crippen molar-refractivity contribution in [2.45, 2.75) is 79.2 Å². The van der Waals surface area contributed by atoms with Gasteiger partial charge in [-0.25, -0.2) is 0 Å². The maximum Gasteiger partial charge on any atom is 0.246 e. The van der Waals surface area contributed by atoms with Gasteiger partial charge in [0, 0.05) is 18.5 Å². The van der Waals surface area contributed by atoms with Crippen molar-refractivity contribution in [2.24, 2.45) is 46.3 Å². The van der Waals surface area contributed by atoms with E-state index in [9.17, 15) is 4.79 Å². The van der Waals surface area contributed by atoms with Crippen LogP contribution in [0.25, 0.3) is 0 Å². The van der Waals surface area contributed by atoms with Gasteiger partial charge in [0.05, 0.1) is 0 Å². The summed E-state index contributed by atoms with van der Waals surface area (Å²) in [5.41, 5.74) is 0.726. The van der Waals surface area contributed by atoms with Crippen molar-refractivity contribution in [2.75, 3.05) is 7.05 Å². The lowest BCUT2D eigenvalue weighted by molar-refractivity contribution is -0.145. The van der Waals surface area contributed by atoms with E-state index in [1.807, 2.05) is 13.1 Å². The van der Waals surface area contributed by atoms with Crippen molar-refractivity contribution in [3.63, 3.8) is 0 Å². The third-order valence-electron chi connectivity index (χ3n) is 9.91. The second kappa shape index (κ2) is 6.11. The van der Waals surface area contributed by atoms with Crippen LogP contribution in [-0.2, 0) is 4.79 Å². The van der Waals surface area contributed by atoms with E-state index < -0.39 is 0 Å². The Morgan fingerprint density at radius 2 is 1.96 bits per heavy atom. The highest BCUT2D eigenvalue weighted by Crippen LogP contribution is 2.67. The zero-order chi connectivity index (χ0) is 18.9. The fraction of sp³-hybridized carbons (Fsp3) is 0.875. The number of hydrogen-bond donors (Lipinski definition) is 0. The summed E-state index contributed by atoms with van der Waals surface area (Å²) < 4.78 is 0. The predicted molar refractivity (Wildman–Crippen MR) is 108 cm³/mol. The average molecular weight is 358 g/mol. The molecule has 0 bridgehead atoms. The molecule has 0 aromatic rings. The lowest BCUT2D eigenvalue weighted by atomic mass is 9.45. The van der Waals surface area contributed by atoms with Gasteiger partial charge in [0.2, 0.25) is 5.91 Å². The number of nitrogens with zero attached hydrogens (tertiary/aromatic N) is 1. The van der Waals surface area contributed by atoms with Gasteiger partial charge in [-0.1, -0.05) is 47.1 Å². The molecule has 2 nitrogen and oxygen atoms in total. The van der Waals surface area contributed by atoms with Crippen molar-refractivity contribution in [1.82, 2.24) is 4.90 Å². The minimum atomic E-state index is 0.176. The van der Waals surface area contributed by atoms with E-state index in [2.05, 4.69) is 45.6 Å². The van der Waals surface area contributed by atoms with Crippen LogP contribution in [0.3, 0.4) is 0 Å². The third-order valence-corrected chi connectivity index (χ3v) is 9.91. The number of amides is 1. The Hall–Kier alpha value is -0.790. The van der Waals surface area contributed by atoms with E-state index in [1.54, 1.807) is 0 Å². The Morgan fingerprint density at radius 3 is 2.65 bits per heavy atom. The van der Waals surface area contributed by atoms with Crippen molar-refractivity contribution in [1.29, 1.82) is 0 Å². The van der Waals surface area contributed by atoms with Gasteiger partial charge >= 0.3 is 0 Å². The van der Waals surface area contributed by atoms with Gasteiger partial charge in [0.15, 0.2) is 0 Å². The molecule has 2 heteroatoms. The van der Waals surface area contributed by atoms with E-state index in [4.69, 9.17) is 0 Å². The molecule has 1 aliphatic heterocycles. The van der Waals surface area contributed by atoms with Gasteiger partial charge in [-0.05, 0) is 79.1 Å². The maximum absolute atomic E-state index is 12.3. The molecule has 26 heavy (non-hydrogen) atoms. The highest BCUT2D eigenvalue weighted by Gasteiger charge is 2.62. The number of hydrogen-bond acceptors (Lipinski definition) is 1. The van der Waals surface area contributed by atoms with Crippen LogP contribution in [0.1, 0.15) is 73.1 Å². The molecule has 0 saturated heterocycles. The van der Waals surface area contributed by atoms with Crippen LogP contribution in [0, 0.1) is 46.3 Å². The molecule has 1 unspecified atom stereocenters. The number of likely N-dealkylation sites (N-methyl/N-ethyl adjacent to an activating group) is 1. The fourth-order valence-electron chi connectivity index (χ4n) is 8.32. The Balaban J connectivity index is 1.69. The first kappa shape index (κ1) is 18.6. The molecule has 1 amide bonds. The maximum atomic E-state index is 12.3. The fourth-order valence-corrected chi connectivity index (χ4v) is 8.32. The Bertz CT molecular complexity index is 611. The van der Waals surface area contributed by atoms with E-state index in [-0.39, 0.29) is 11.3 Å². The standard InChI is InChI=1S/C24H39NO/c1-7-15(2)17-8-9-18-22-16(3)14-20-24(5,13-11-21(26)25(20)6)19(22)10-12-23(17,18)4/h11,13,15-20,22H,7-10,12,14H2,1-6H3/t15?,16-,17+,18-,19-,20+,22-,23+,24+/m0/s1. The van der Waals surface area contributed by atoms with Crippen molar-refractivity contribution >= 4 is 5.91 Å². The molecule has 3 fully saturated rings. The first-order valence-corrected chi connectivity index (χ1v) is 11.2. The minimum Gasteiger partial charge on any atom is -0.338 e. The summed E-state index contributed by atoms with van der Waals surface area (Å²) in [6.07, 6.45) is 12.3. The van der Waals surface area contributed by atoms with Crippen LogP contribution < -0.4 is 0 Å². The first-order valence-electron chi connectivity index (χ1n) is 11.2. The van der Waals surface area contributed by atoms with E-state index in [1.165, 1.54) is 38.5 Å². The van der Waals surface area contributed by atoms with E-state index >= 15 is 0 Å². The lowest BCUT2D eigenvalue weighted by Gasteiger charge is -2.62. The van der Waals surface area contributed by atoms with Crippen LogP contribution >= 0.6 is 0 Å². The van der Waals surface area contributed by atoms with Crippen molar-refractivity contribution in [3.05, 3.63) is 12.2 Å². The molecule has 0 spiro atoms. The molecule has 0 aromatic carbocycles. The van der Waals surface area contributed by atoms with Crippen LogP contribution in [-0.4, -0.2) is 23.9 Å². The zero-order valence-electron chi connectivity index (χ0n) is 17.8. The second-order valence-electron chi connectivity index (χ2n) is 10.8. The third kappa shape index (κ3) is 2.32. The predicted octanol–water partition coefficient (Wildman–Crippen LogP) is 5.53. The number of rotatable bonds is 2. The van der Waals surface area contributed by atoms with Gasteiger partial charge in [-0.3, -0.25) is 4.79 Å². The number of fused-ring (bicyclic) bond motifs is 5. The molecule has 1 heterocycles. The number of carbonyl (C=O) groups is 1. The van der Waals surface area contributed by atoms with Crippen molar-refractivity contribution < 1.29 is 4.79 Å². The molecule has 0 radical (unpaired) electrons. The Morgan fingerprint density at radius 1 is 1.23 bits per heavy atom. The summed E-state index contributed by atoms with van der Waals surface area (Å²) in [7, 11) is 2.03. The monoisotopic (exact) mass is 357 g/mol. The largest absolute Gasteiger partial charge is 0.338 e. The van der Waals surface area contributed by atoms with Gasteiger partial charge in [-0.2, -0.15) is 0 Å². The SMILES string of the molecule is CCC(C)[C@H]1CC[C@H]2[C@@H]3[C@@H](C)C[C@H]4N(C)C(=O)C=C[C@]4(C)[C@H]3CC[C@]12C. The van der Waals surface area contributed by atoms with Gasteiger partial charge in [0.1, 0.15) is 0 Å². The van der Waals surface area contributed by atoms with Crippen LogP contribution in [0.15, 0.2) is 12.2 Å². The minimum absolute atomic E-state index is 0.176. The highest BCUT2D eigenvalue weighted by atomic mass is 16.2. The van der Waals surface area contributed by atoms with Crippen LogP contribution in [0.2, 0.25) is 0 Å². The molecular weight excluding hydrogens is 318 g/mol. The topological polar surface area (TPSA) is 20.3 Å².